The van der Waals surface area contributed by atoms with Gasteiger partial charge >= 0.3 is 0 Å². The number of aliphatic hydroxyl groups excluding tert-OH is 1. The average Bonchev–Trinajstić information content (AvgIpc) is 2.28. The second kappa shape index (κ2) is 6.02. The zero-order chi connectivity index (χ0) is 12.9. The highest BCUT2D eigenvalue weighted by atomic mass is 32.2. The first-order valence-electron chi connectivity index (χ1n) is 5.68. The fourth-order valence-corrected chi connectivity index (χ4v) is 2.47. The molecule has 1 aromatic carbocycles. The van der Waals surface area contributed by atoms with Crippen LogP contribution >= 0.6 is 0 Å². The van der Waals surface area contributed by atoms with Crippen LogP contribution < -0.4 is 5.73 Å². The molecule has 0 radical (unpaired) electrons. The molecule has 5 heteroatoms. The zero-order valence-corrected chi connectivity index (χ0v) is 10.8. The highest BCUT2D eigenvalue weighted by Gasteiger charge is 2.11. The van der Waals surface area contributed by atoms with E-state index in [-0.39, 0.29) is 11.5 Å². The van der Waals surface area contributed by atoms with Crippen LogP contribution in [0.4, 0.5) is 5.69 Å². The van der Waals surface area contributed by atoms with Crippen molar-refractivity contribution in [2.75, 3.05) is 17.2 Å². The maximum Gasteiger partial charge on any atom is 0.150 e. The first kappa shape index (κ1) is 14.0. The van der Waals surface area contributed by atoms with Crippen molar-refractivity contribution in [3.8, 4) is 0 Å². The van der Waals surface area contributed by atoms with Crippen LogP contribution in [0.1, 0.15) is 31.4 Å². The zero-order valence-electron chi connectivity index (χ0n) is 9.96. The van der Waals surface area contributed by atoms with Crippen LogP contribution in [0.2, 0.25) is 0 Å². The SMILES string of the molecule is CCS(=O)(=O)CCCC(O)c1cccc(N)c1. The van der Waals surface area contributed by atoms with Gasteiger partial charge in [-0.25, -0.2) is 8.42 Å². The molecule has 1 rings (SSSR count). The Labute approximate surface area is 102 Å². The molecule has 0 amide bonds. The van der Waals surface area contributed by atoms with E-state index in [1.165, 1.54) is 0 Å². The summed E-state index contributed by atoms with van der Waals surface area (Å²) in [6.07, 6.45) is 0.250. The van der Waals surface area contributed by atoms with Gasteiger partial charge in [-0.3, -0.25) is 0 Å². The van der Waals surface area contributed by atoms with E-state index >= 15 is 0 Å². The Morgan fingerprint density at radius 2 is 2.12 bits per heavy atom. The van der Waals surface area contributed by atoms with E-state index in [1.54, 1.807) is 31.2 Å². The summed E-state index contributed by atoms with van der Waals surface area (Å²) in [7, 11) is -2.94. The molecule has 0 aromatic heterocycles. The third kappa shape index (κ3) is 4.75. The number of hydrogen-bond donors (Lipinski definition) is 2. The minimum Gasteiger partial charge on any atom is -0.399 e. The highest BCUT2D eigenvalue weighted by molar-refractivity contribution is 7.91. The molecule has 0 fully saturated rings. The molecular formula is C12H19NO3S. The molecule has 0 aliphatic carbocycles. The predicted octanol–water partition coefficient (Wildman–Crippen LogP) is 1.52. The first-order valence-corrected chi connectivity index (χ1v) is 7.50. The Bertz CT molecular complexity index is 457. The van der Waals surface area contributed by atoms with E-state index in [0.29, 0.717) is 18.5 Å². The molecule has 0 aliphatic heterocycles. The average molecular weight is 257 g/mol. The van der Waals surface area contributed by atoms with Crippen molar-refractivity contribution in [1.29, 1.82) is 0 Å². The van der Waals surface area contributed by atoms with Gasteiger partial charge in [0.2, 0.25) is 0 Å². The largest absolute Gasteiger partial charge is 0.399 e. The lowest BCUT2D eigenvalue weighted by molar-refractivity contribution is 0.167. The predicted molar refractivity (Wildman–Crippen MR) is 69.4 cm³/mol. The normalized spacial score (nSPS) is 13.5. The second-order valence-electron chi connectivity index (χ2n) is 4.06. The van der Waals surface area contributed by atoms with Gasteiger partial charge in [0.15, 0.2) is 0 Å². The fourth-order valence-electron chi connectivity index (χ4n) is 1.57. The number of rotatable bonds is 6. The topological polar surface area (TPSA) is 80.4 Å². The number of anilines is 1. The van der Waals surface area contributed by atoms with Crippen molar-refractivity contribution >= 4 is 15.5 Å². The summed E-state index contributed by atoms with van der Waals surface area (Å²) in [6, 6.07) is 7.02. The molecule has 3 N–H and O–H groups in total. The van der Waals surface area contributed by atoms with Crippen LogP contribution in [-0.2, 0) is 9.84 Å². The lowest BCUT2D eigenvalue weighted by Gasteiger charge is -2.11. The van der Waals surface area contributed by atoms with E-state index in [0.717, 1.165) is 5.56 Å². The maximum atomic E-state index is 11.3. The number of hydrogen-bond acceptors (Lipinski definition) is 4. The summed E-state index contributed by atoms with van der Waals surface area (Å²) in [6.45, 7) is 1.63. The molecule has 0 spiro atoms. The third-order valence-electron chi connectivity index (χ3n) is 2.67. The number of benzene rings is 1. The van der Waals surface area contributed by atoms with Crippen LogP contribution in [0.15, 0.2) is 24.3 Å². The van der Waals surface area contributed by atoms with Crippen molar-refractivity contribution in [3.05, 3.63) is 29.8 Å². The molecule has 0 heterocycles. The molecule has 1 atom stereocenters. The van der Waals surface area contributed by atoms with Gasteiger partial charge in [0.05, 0.1) is 11.9 Å². The van der Waals surface area contributed by atoms with E-state index < -0.39 is 15.9 Å². The molecule has 96 valence electrons. The molecule has 4 nitrogen and oxygen atoms in total. The van der Waals surface area contributed by atoms with E-state index in [2.05, 4.69) is 0 Å². The first-order chi connectivity index (χ1) is 7.94. The van der Waals surface area contributed by atoms with Gasteiger partial charge in [0.1, 0.15) is 9.84 Å². The van der Waals surface area contributed by atoms with Gasteiger partial charge in [0, 0.05) is 11.4 Å². The lowest BCUT2D eigenvalue weighted by Crippen LogP contribution is -2.10. The monoisotopic (exact) mass is 257 g/mol. The summed E-state index contributed by atoms with van der Waals surface area (Å²) >= 11 is 0. The lowest BCUT2D eigenvalue weighted by atomic mass is 10.1. The third-order valence-corrected chi connectivity index (χ3v) is 4.46. The van der Waals surface area contributed by atoms with Crippen molar-refractivity contribution in [3.63, 3.8) is 0 Å². The molecule has 1 unspecified atom stereocenters. The standard InChI is InChI=1S/C12H19NO3S/c1-2-17(15,16)8-4-7-12(14)10-5-3-6-11(13)9-10/h3,5-6,9,12,14H,2,4,7-8,13H2,1H3. The quantitative estimate of drug-likeness (QED) is 0.757. The van der Waals surface area contributed by atoms with Crippen molar-refractivity contribution in [1.82, 2.24) is 0 Å². The number of sulfone groups is 1. The number of nitrogens with two attached hydrogens (primary N) is 1. The molecular weight excluding hydrogens is 238 g/mol. The fraction of sp³-hybridized carbons (Fsp3) is 0.500. The van der Waals surface area contributed by atoms with Gasteiger partial charge in [0.25, 0.3) is 0 Å². The van der Waals surface area contributed by atoms with Crippen molar-refractivity contribution in [2.24, 2.45) is 0 Å². The number of aliphatic hydroxyl groups is 1. The van der Waals surface area contributed by atoms with Crippen LogP contribution in [0.5, 0.6) is 0 Å². The van der Waals surface area contributed by atoms with Gasteiger partial charge in [-0.15, -0.1) is 0 Å². The van der Waals surface area contributed by atoms with Crippen LogP contribution in [-0.4, -0.2) is 25.0 Å². The Hall–Kier alpha value is -1.07. The molecule has 1 aromatic rings. The Balaban J connectivity index is 2.48. The van der Waals surface area contributed by atoms with E-state index in [1.807, 2.05) is 0 Å². The summed E-state index contributed by atoms with van der Waals surface area (Å²) in [5.74, 6) is 0.282. The molecule has 0 saturated heterocycles. The van der Waals surface area contributed by atoms with Gasteiger partial charge in [-0.1, -0.05) is 19.1 Å². The molecule has 0 bridgehead atoms. The van der Waals surface area contributed by atoms with Crippen molar-refractivity contribution < 1.29 is 13.5 Å². The maximum absolute atomic E-state index is 11.3. The Morgan fingerprint density at radius 1 is 1.41 bits per heavy atom. The van der Waals surface area contributed by atoms with Gasteiger partial charge in [-0.2, -0.15) is 0 Å². The van der Waals surface area contributed by atoms with Crippen LogP contribution in [0.25, 0.3) is 0 Å². The van der Waals surface area contributed by atoms with E-state index in [9.17, 15) is 13.5 Å². The Morgan fingerprint density at radius 3 is 2.71 bits per heavy atom. The molecule has 0 aliphatic rings. The van der Waals surface area contributed by atoms with Gasteiger partial charge in [-0.05, 0) is 30.5 Å². The number of nitrogen functional groups attached to an aromatic ring is 1. The minimum absolute atomic E-state index is 0.128. The molecule has 17 heavy (non-hydrogen) atoms. The van der Waals surface area contributed by atoms with Crippen LogP contribution in [0, 0.1) is 0 Å². The summed E-state index contributed by atoms with van der Waals surface area (Å²) in [5.41, 5.74) is 6.94. The summed E-state index contributed by atoms with van der Waals surface area (Å²) < 4.78 is 22.5. The van der Waals surface area contributed by atoms with E-state index in [4.69, 9.17) is 5.73 Å². The summed E-state index contributed by atoms with van der Waals surface area (Å²) in [4.78, 5) is 0. The Kier molecular flexibility index (Phi) is 4.96. The van der Waals surface area contributed by atoms with Crippen molar-refractivity contribution in [2.45, 2.75) is 25.9 Å². The summed E-state index contributed by atoms with van der Waals surface area (Å²) in [5, 5.41) is 9.86. The van der Waals surface area contributed by atoms with Crippen LogP contribution in [0.3, 0.4) is 0 Å². The molecule has 0 saturated carbocycles. The minimum atomic E-state index is -2.94. The smallest absolute Gasteiger partial charge is 0.150 e. The second-order valence-corrected chi connectivity index (χ2v) is 6.54. The highest BCUT2D eigenvalue weighted by Crippen LogP contribution is 2.20. The van der Waals surface area contributed by atoms with Gasteiger partial charge < -0.3 is 10.8 Å².